The first-order chi connectivity index (χ1) is 10.3. The van der Waals surface area contributed by atoms with Gasteiger partial charge in [0.1, 0.15) is 0 Å². The van der Waals surface area contributed by atoms with E-state index in [0.29, 0.717) is 30.9 Å². The van der Waals surface area contributed by atoms with Crippen LogP contribution in [0.3, 0.4) is 0 Å². The molecule has 1 aliphatic heterocycles. The molecule has 0 aromatic carbocycles. The fraction of sp³-hybridized carbons (Fsp3) is 0.786. The summed E-state index contributed by atoms with van der Waals surface area (Å²) in [6.07, 6.45) is 6.04. The molecule has 0 spiro atoms. The van der Waals surface area contributed by atoms with Crippen molar-refractivity contribution in [1.82, 2.24) is 25.2 Å². The van der Waals surface area contributed by atoms with Crippen LogP contribution in [0.5, 0.6) is 0 Å². The SMILES string of the molecule is COCCN(C(=O)c1cn(C2CCNCC2)nn1)C1CC1. The van der Waals surface area contributed by atoms with Crippen LogP contribution in [0.2, 0.25) is 0 Å². The minimum Gasteiger partial charge on any atom is -0.383 e. The van der Waals surface area contributed by atoms with Crippen molar-refractivity contribution in [2.75, 3.05) is 33.4 Å². The molecule has 1 amide bonds. The van der Waals surface area contributed by atoms with Gasteiger partial charge in [-0.3, -0.25) is 4.79 Å². The quantitative estimate of drug-likeness (QED) is 0.824. The van der Waals surface area contributed by atoms with Crippen LogP contribution in [-0.4, -0.2) is 65.2 Å². The zero-order valence-electron chi connectivity index (χ0n) is 12.5. The number of carbonyl (C=O) groups excluding carboxylic acids is 1. The summed E-state index contributed by atoms with van der Waals surface area (Å²) in [5.74, 6) is -0.0188. The molecule has 0 unspecified atom stereocenters. The van der Waals surface area contributed by atoms with Crippen molar-refractivity contribution >= 4 is 5.91 Å². The number of aromatic nitrogens is 3. The number of methoxy groups -OCH3 is 1. The van der Waals surface area contributed by atoms with Crippen LogP contribution < -0.4 is 5.32 Å². The van der Waals surface area contributed by atoms with Crippen molar-refractivity contribution in [2.24, 2.45) is 0 Å². The number of hydrogen-bond donors (Lipinski definition) is 1. The van der Waals surface area contributed by atoms with Gasteiger partial charge in [0.05, 0.1) is 18.8 Å². The van der Waals surface area contributed by atoms with Gasteiger partial charge in [-0.15, -0.1) is 5.10 Å². The maximum atomic E-state index is 12.6. The van der Waals surface area contributed by atoms with E-state index in [1.165, 1.54) is 0 Å². The topological polar surface area (TPSA) is 72.3 Å². The Balaban J connectivity index is 1.67. The summed E-state index contributed by atoms with van der Waals surface area (Å²) in [6, 6.07) is 0.713. The maximum Gasteiger partial charge on any atom is 0.276 e. The van der Waals surface area contributed by atoms with Crippen LogP contribution in [0, 0.1) is 0 Å². The van der Waals surface area contributed by atoms with Gasteiger partial charge in [0.25, 0.3) is 5.91 Å². The van der Waals surface area contributed by atoms with Crippen molar-refractivity contribution in [1.29, 1.82) is 0 Å². The van der Waals surface area contributed by atoms with E-state index in [-0.39, 0.29) is 5.91 Å². The Morgan fingerprint density at radius 2 is 2.19 bits per heavy atom. The smallest absolute Gasteiger partial charge is 0.276 e. The van der Waals surface area contributed by atoms with Crippen LogP contribution >= 0.6 is 0 Å². The fourth-order valence-corrected chi connectivity index (χ4v) is 2.80. The largest absolute Gasteiger partial charge is 0.383 e. The lowest BCUT2D eigenvalue weighted by Gasteiger charge is -2.22. The molecule has 21 heavy (non-hydrogen) atoms. The van der Waals surface area contributed by atoms with E-state index in [1.807, 2.05) is 9.58 Å². The van der Waals surface area contributed by atoms with Gasteiger partial charge >= 0.3 is 0 Å². The molecule has 7 heteroatoms. The van der Waals surface area contributed by atoms with Gasteiger partial charge in [0, 0.05) is 19.7 Å². The summed E-state index contributed by atoms with van der Waals surface area (Å²) in [7, 11) is 1.66. The number of amides is 1. The zero-order valence-corrected chi connectivity index (χ0v) is 12.5. The van der Waals surface area contributed by atoms with Gasteiger partial charge in [-0.25, -0.2) is 4.68 Å². The number of hydrogen-bond acceptors (Lipinski definition) is 5. The molecule has 2 fully saturated rings. The highest BCUT2D eigenvalue weighted by Crippen LogP contribution is 2.28. The Kier molecular flexibility index (Phi) is 4.50. The molecular formula is C14H23N5O2. The Bertz CT molecular complexity index is 479. The molecule has 1 saturated heterocycles. The van der Waals surface area contributed by atoms with E-state index in [2.05, 4.69) is 15.6 Å². The highest BCUT2D eigenvalue weighted by molar-refractivity contribution is 5.92. The van der Waals surface area contributed by atoms with Gasteiger partial charge in [0.15, 0.2) is 5.69 Å². The summed E-state index contributed by atoms with van der Waals surface area (Å²) >= 11 is 0. The molecular weight excluding hydrogens is 270 g/mol. The summed E-state index contributed by atoms with van der Waals surface area (Å²) < 4.78 is 6.95. The second-order valence-electron chi connectivity index (χ2n) is 5.79. The lowest BCUT2D eigenvalue weighted by Crippen LogP contribution is -2.36. The van der Waals surface area contributed by atoms with Crippen molar-refractivity contribution in [3.05, 3.63) is 11.9 Å². The third-order valence-electron chi connectivity index (χ3n) is 4.20. The monoisotopic (exact) mass is 293 g/mol. The molecule has 1 aromatic heterocycles. The van der Waals surface area contributed by atoms with Crippen LogP contribution in [0.25, 0.3) is 0 Å². The average molecular weight is 293 g/mol. The number of piperidine rings is 1. The van der Waals surface area contributed by atoms with E-state index in [1.54, 1.807) is 13.3 Å². The first kappa shape index (κ1) is 14.5. The van der Waals surface area contributed by atoms with Gasteiger partial charge in [-0.05, 0) is 38.8 Å². The number of ether oxygens (including phenoxy) is 1. The van der Waals surface area contributed by atoms with Crippen LogP contribution in [0.1, 0.15) is 42.2 Å². The van der Waals surface area contributed by atoms with Crippen molar-refractivity contribution < 1.29 is 9.53 Å². The summed E-state index contributed by atoms with van der Waals surface area (Å²) in [6.45, 7) is 3.18. The Labute approximate surface area is 124 Å². The molecule has 0 atom stereocenters. The van der Waals surface area contributed by atoms with E-state index < -0.39 is 0 Å². The second kappa shape index (κ2) is 6.53. The zero-order chi connectivity index (χ0) is 14.7. The van der Waals surface area contributed by atoms with E-state index in [0.717, 1.165) is 38.8 Å². The maximum absolute atomic E-state index is 12.6. The molecule has 3 rings (SSSR count). The standard InChI is InChI=1S/C14H23N5O2/c1-21-9-8-18(11-2-3-11)14(20)13-10-19(17-16-13)12-4-6-15-7-5-12/h10-12,15H,2-9H2,1H3. The summed E-state index contributed by atoms with van der Waals surface area (Å²) in [5, 5.41) is 11.6. The van der Waals surface area contributed by atoms with Crippen LogP contribution in [0.15, 0.2) is 6.20 Å². The lowest BCUT2D eigenvalue weighted by atomic mass is 10.1. The first-order valence-corrected chi connectivity index (χ1v) is 7.72. The van der Waals surface area contributed by atoms with Crippen molar-refractivity contribution in [3.63, 3.8) is 0 Å². The molecule has 1 aliphatic carbocycles. The van der Waals surface area contributed by atoms with Gasteiger partial charge < -0.3 is 15.0 Å². The Morgan fingerprint density at radius 3 is 2.86 bits per heavy atom. The average Bonchev–Trinajstić information content (AvgIpc) is 3.24. The molecule has 116 valence electrons. The number of nitrogens with zero attached hydrogens (tertiary/aromatic N) is 4. The third kappa shape index (κ3) is 3.41. The van der Waals surface area contributed by atoms with Gasteiger partial charge in [-0.1, -0.05) is 5.21 Å². The Hall–Kier alpha value is -1.47. The molecule has 2 heterocycles. The van der Waals surface area contributed by atoms with Crippen LogP contribution in [-0.2, 0) is 4.74 Å². The number of nitrogens with one attached hydrogen (secondary N) is 1. The minimum atomic E-state index is -0.0188. The third-order valence-corrected chi connectivity index (χ3v) is 4.20. The molecule has 1 saturated carbocycles. The molecule has 0 bridgehead atoms. The van der Waals surface area contributed by atoms with Gasteiger partial charge in [-0.2, -0.15) is 0 Å². The Morgan fingerprint density at radius 1 is 1.43 bits per heavy atom. The van der Waals surface area contributed by atoms with Crippen molar-refractivity contribution in [3.8, 4) is 0 Å². The van der Waals surface area contributed by atoms with Crippen molar-refractivity contribution in [2.45, 2.75) is 37.8 Å². The fourth-order valence-electron chi connectivity index (χ4n) is 2.80. The van der Waals surface area contributed by atoms with E-state index in [4.69, 9.17) is 4.74 Å². The molecule has 2 aliphatic rings. The predicted molar refractivity (Wildman–Crippen MR) is 77.1 cm³/mol. The second-order valence-corrected chi connectivity index (χ2v) is 5.79. The minimum absolute atomic E-state index is 0.0188. The predicted octanol–water partition coefficient (Wildman–Crippen LogP) is 0.454. The summed E-state index contributed by atoms with van der Waals surface area (Å²) in [5.41, 5.74) is 0.455. The molecule has 1 aromatic rings. The first-order valence-electron chi connectivity index (χ1n) is 7.72. The lowest BCUT2D eigenvalue weighted by molar-refractivity contribution is 0.0674. The van der Waals surface area contributed by atoms with Crippen LogP contribution in [0.4, 0.5) is 0 Å². The van der Waals surface area contributed by atoms with Gasteiger partial charge in [0.2, 0.25) is 0 Å². The molecule has 7 nitrogen and oxygen atoms in total. The normalized spacial score (nSPS) is 19.7. The number of carbonyl (C=O) groups is 1. The highest BCUT2D eigenvalue weighted by Gasteiger charge is 2.34. The number of rotatable bonds is 6. The van der Waals surface area contributed by atoms with E-state index in [9.17, 15) is 4.79 Å². The molecule has 1 N–H and O–H groups in total. The molecule has 0 radical (unpaired) electrons. The highest BCUT2D eigenvalue weighted by atomic mass is 16.5. The summed E-state index contributed by atoms with van der Waals surface area (Å²) in [4.78, 5) is 14.4. The van der Waals surface area contributed by atoms with E-state index >= 15 is 0 Å².